The Morgan fingerprint density at radius 2 is 2.27 bits per heavy atom. The number of hydrogen-bond donors (Lipinski definition) is 1. The lowest BCUT2D eigenvalue weighted by Gasteiger charge is -2.03. The molecule has 0 fully saturated rings. The maximum Gasteiger partial charge on any atom is 0.134 e. The molecule has 0 saturated carbocycles. The van der Waals surface area contributed by atoms with Crippen LogP contribution in [0.2, 0.25) is 5.02 Å². The molecule has 3 nitrogen and oxygen atoms in total. The van der Waals surface area contributed by atoms with Gasteiger partial charge in [-0.3, -0.25) is 0 Å². The largest absolute Gasteiger partial charge is 0.506 e. The smallest absolute Gasteiger partial charge is 0.134 e. The molecule has 0 radical (unpaired) electrons. The minimum Gasteiger partial charge on any atom is -0.506 e. The number of aryl methyl sites for hydroxylation is 1. The maximum atomic E-state index is 9.44. The van der Waals surface area contributed by atoms with Crippen LogP contribution in [0.1, 0.15) is 11.4 Å². The number of benzene rings is 1. The van der Waals surface area contributed by atoms with Gasteiger partial charge in [-0.15, -0.1) is 0 Å². The molecule has 1 aromatic heterocycles. The normalized spacial score (nSPS) is 10.5. The predicted octanol–water partition coefficient (Wildman–Crippen LogP) is 2.37. The minimum atomic E-state index is 0.114. The number of aromatic hydroxyl groups is 1. The van der Waals surface area contributed by atoms with Crippen molar-refractivity contribution in [2.45, 2.75) is 6.42 Å². The van der Waals surface area contributed by atoms with Crippen LogP contribution < -0.4 is 0 Å². The predicted molar refractivity (Wildman–Crippen MR) is 59.1 cm³/mol. The van der Waals surface area contributed by atoms with Gasteiger partial charge in [0, 0.05) is 25.9 Å². The summed E-state index contributed by atoms with van der Waals surface area (Å²) in [4.78, 5) is 4.21. The van der Waals surface area contributed by atoms with Crippen LogP contribution in [0.15, 0.2) is 30.6 Å². The van der Waals surface area contributed by atoms with E-state index in [2.05, 4.69) is 4.98 Å². The second-order valence-electron chi connectivity index (χ2n) is 3.42. The van der Waals surface area contributed by atoms with E-state index in [1.807, 2.05) is 23.9 Å². The third-order valence-corrected chi connectivity index (χ3v) is 2.61. The lowest BCUT2D eigenvalue weighted by atomic mass is 10.1. The van der Waals surface area contributed by atoms with Crippen molar-refractivity contribution in [2.24, 2.45) is 7.05 Å². The SMILES string of the molecule is Cn1ccnc1Cc1ccc(Cl)c(O)c1. The quantitative estimate of drug-likeness (QED) is 0.847. The van der Waals surface area contributed by atoms with E-state index >= 15 is 0 Å². The Morgan fingerprint density at radius 3 is 2.87 bits per heavy atom. The Balaban J connectivity index is 2.25. The lowest BCUT2D eigenvalue weighted by molar-refractivity contribution is 0.475. The Kier molecular flexibility index (Phi) is 2.64. The molecule has 0 amide bonds. The van der Waals surface area contributed by atoms with E-state index in [-0.39, 0.29) is 5.75 Å². The fourth-order valence-corrected chi connectivity index (χ4v) is 1.54. The molecule has 78 valence electrons. The zero-order chi connectivity index (χ0) is 10.8. The molecule has 0 aliphatic carbocycles. The highest BCUT2D eigenvalue weighted by Crippen LogP contribution is 2.24. The van der Waals surface area contributed by atoms with Crippen LogP contribution in [0.5, 0.6) is 5.75 Å². The summed E-state index contributed by atoms with van der Waals surface area (Å²) in [7, 11) is 1.94. The van der Waals surface area contributed by atoms with Gasteiger partial charge in [0.25, 0.3) is 0 Å². The molecular weight excluding hydrogens is 212 g/mol. The second kappa shape index (κ2) is 3.95. The van der Waals surface area contributed by atoms with Gasteiger partial charge in [0.2, 0.25) is 0 Å². The summed E-state index contributed by atoms with van der Waals surface area (Å²) in [5, 5.41) is 9.81. The van der Waals surface area contributed by atoms with Crippen molar-refractivity contribution in [1.82, 2.24) is 9.55 Å². The third kappa shape index (κ3) is 2.13. The Labute approximate surface area is 93.0 Å². The van der Waals surface area contributed by atoms with E-state index in [0.29, 0.717) is 11.4 Å². The number of phenolic OH excluding ortho intramolecular Hbond substituents is 1. The molecule has 2 aromatic rings. The molecular formula is C11H11ClN2O. The summed E-state index contributed by atoms with van der Waals surface area (Å²) in [5.74, 6) is 1.07. The first-order chi connectivity index (χ1) is 7.16. The molecule has 15 heavy (non-hydrogen) atoms. The van der Waals surface area contributed by atoms with Crippen molar-refractivity contribution < 1.29 is 5.11 Å². The van der Waals surface area contributed by atoms with Gasteiger partial charge in [0.1, 0.15) is 11.6 Å². The molecule has 0 unspecified atom stereocenters. The molecule has 4 heteroatoms. The summed E-state index contributed by atoms with van der Waals surface area (Å²) in [6, 6.07) is 5.24. The van der Waals surface area contributed by atoms with Crippen LogP contribution in [0, 0.1) is 0 Å². The number of phenols is 1. The lowest BCUT2D eigenvalue weighted by Crippen LogP contribution is -1.98. The monoisotopic (exact) mass is 222 g/mol. The van der Waals surface area contributed by atoms with E-state index in [4.69, 9.17) is 11.6 Å². The van der Waals surface area contributed by atoms with Crippen LogP contribution >= 0.6 is 11.6 Å². The van der Waals surface area contributed by atoms with Crippen LogP contribution in [0.3, 0.4) is 0 Å². The summed E-state index contributed by atoms with van der Waals surface area (Å²) < 4.78 is 1.95. The number of aromatic nitrogens is 2. The highest BCUT2D eigenvalue weighted by atomic mass is 35.5. The van der Waals surface area contributed by atoms with Crippen molar-refractivity contribution in [3.8, 4) is 5.75 Å². The van der Waals surface area contributed by atoms with Gasteiger partial charge in [-0.05, 0) is 17.7 Å². The summed E-state index contributed by atoms with van der Waals surface area (Å²) in [6.07, 6.45) is 4.34. The van der Waals surface area contributed by atoms with Crippen molar-refractivity contribution in [2.75, 3.05) is 0 Å². The summed E-state index contributed by atoms with van der Waals surface area (Å²) >= 11 is 5.72. The zero-order valence-corrected chi connectivity index (χ0v) is 9.07. The van der Waals surface area contributed by atoms with Gasteiger partial charge >= 0.3 is 0 Å². The number of rotatable bonds is 2. The molecule has 1 N–H and O–H groups in total. The van der Waals surface area contributed by atoms with Gasteiger partial charge in [0.15, 0.2) is 0 Å². The third-order valence-electron chi connectivity index (χ3n) is 2.29. The van der Waals surface area contributed by atoms with Crippen molar-refractivity contribution >= 4 is 11.6 Å². The topological polar surface area (TPSA) is 38.0 Å². The Hall–Kier alpha value is -1.48. The zero-order valence-electron chi connectivity index (χ0n) is 8.31. The molecule has 2 rings (SSSR count). The van der Waals surface area contributed by atoms with E-state index in [1.54, 1.807) is 18.3 Å². The van der Waals surface area contributed by atoms with Gasteiger partial charge in [-0.1, -0.05) is 17.7 Å². The van der Waals surface area contributed by atoms with E-state index in [9.17, 15) is 5.11 Å². The van der Waals surface area contributed by atoms with Gasteiger partial charge in [0.05, 0.1) is 5.02 Å². The van der Waals surface area contributed by atoms with Crippen molar-refractivity contribution in [3.63, 3.8) is 0 Å². The Bertz CT molecular complexity index is 479. The molecule has 0 aliphatic rings. The number of hydrogen-bond acceptors (Lipinski definition) is 2. The molecule has 0 aliphatic heterocycles. The van der Waals surface area contributed by atoms with E-state index < -0.39 is 0 Å². The van der Waals surface area contributed by atoms with E-state index in [1.165, 1.54) is 0 Å². The van der Waals surface area contributed by atoms with Crippen LogP contribution in [-0.4, -0.2) is 14.7 Å². The standard InChI is InChI=1S/C11H11ClN2O/c1-14-5-4-13-11(14)7-8-2-3-9(12)10(15)6-8/h2-6,15H,7H2,1H3. The first-order valence-electron chi connectivity index (χ1n) is 4.60. The number of imidazole rings is 1. The second-order valence-corrected chi connectivity index (χ2v) is 3.82. The van der Waals surface area contributed by atoms with E-state index in [0.717, 1.165) is 11.4 Å². The fraction of sp³-hybridized carbons (Fsp3) is 0.182. The number of halogens is 1. The molecule has 1 heterocycles. The molecule has 0 bridgehead atoms. The fourth-order valence-electron chi connectivity index (χ4n) is 1.42. The van der Waals surface area contributed by atoms with Crippen LogP contribution in [-0.2, 0) is 13.5 Å². The molecule has 0 spiro atoms. The maximum absolute atomic E-state index is 9.44. The van der Waals surface area contributed by atoms with Crippen LogP contribution in [0.4, 0.5) is 0 Å². The van der Waals surface area contributed by atoms with Crippen LogP contribution in [0.25, 0.3) is 0 Å². The van der Waals surface area contributed by atoms with Gasteiger partial charge < -0.3 is 9.67 Å². The highest BCUT2D eigenvalue weighted by Gasteiger charge is 2.04. The molecule has 0 atom stereocenters. The first-order valence-corrected chi connectivity index (χ1v) is 4.98. The highest BCUT2D eigenvalue weighted by molar-refractivity contribution is 6.31. The summed E-state index contributed by atoms with van der Waals surface area (Å²) in [5.41, 5.74) is 0.992. The average Bonchev–Trinajstić information content (AvgIpc) is 2.59. The van der Waals surface area contributed by atoms with Gasteiger partial charge in [-0.25, -0.2) is 4.98 Å². The number of nitrogens with zero attached hydrogens (tertiary/aromatic N) is 2. The van der Waals surface area contributed by atoms with Crippen molar-refractivity contribution in [3.05, 3.63) is 47.0 Å². The molecule has 0 saturated heterocycles. The van der Waals surface area contributed by atoms with Crippen molar-refractivity contribution in [1.29, 1.82) is 0 Å². The minimum absolute atomic E-state index is 0.114. The average molecular weight is 223 g/mol. The Morgan fingerprint density at radius 1 is 1.47 bits per heavy atom. The first kappa shape index (κ1) is 10.1. The molecule has 1 aromatic carbocycles. The van der Waals surface area contributed by atoms with Gasteiger partial charge in [-0.2, -0.15) is 0 Å². The summed E-state index contributed by atoms with van der Waals surface area (Å²) in [6.45, 7) is 0.